The molecule has 1 saturated heterocycles. The van der Waals surface area contributed by atoms with Crippen LogP contribution in [0.15, 0.2) is 42.5 Å². The quantitative estimate of drug-likeness (QED) is 0.506. The van der Waals surface area contributed by atoms with E-state index in [-0.39, 0.29) is 11.7 Å². The van der Waals surface area contributed by atoms with Gasteiger partial charge in [0.1, 0.15) is 5.82 Å². The Morgan fingerprint density at radius 1 is 0.914 bits per heavy atom. The number of ether oxygens (including phenoxy) is 3. The molecule has 1 fully saturated rings. The molecule has 2 aromatic carbocycles. The Kier molecular flexibility index (Phi) is 7.31. The molecule has 1 aliphatic heterocycles. The zero-order valence-electron chi connectivity index (χ0n) is 20.9. The molecule has 0 spiro atoms. The molecule has 0 aliphatic carbocycles. The number of aryl methyl sites for hydroxylation is 1. The monoisotopic (exact) mass is 481 g/mol. The van der Waals surface area contributed by atoms with Gasteiger partial charge in [-0.3, -0.25) is 9.69 Å². The van der Waals surface area contributed by atoms with E-state index in [1.54, 1.807) is 39.5 Å². The molecule has 2 heterocycles. The largest absolute Gasteiger partial charge is 0.493 e. The van der Waals surface area contributed by atoms with E-state index in [0.717, 1.165) is 30.0 Å². The van der Waals surface area contributed by atoms with Crippen LogP contribution in [0.2, 0.25) is 0 Å². The molecule has 1 aromatic heterocycles. The number of rotatable bonds is 7. The summed E-state index contributed by atoms with van der Waals surface area (Å²) in [6, 6.07) is 12.3. The Hall–Kier alpha value is -3.52. The standard InChI is InChI=1S/C27H32FN3O4/c1-18-16-21(19(2)31(18)23-9-7-6-8-22(23)28)27(32)30-14-12-29(13-15-30)17-20-10-11-24(33-3)26(35-5)25(20)34-4/h6-11,16H,12-15,17H2,1-5H3. The topological polar surface area (TPSA) is 56.2 Å². The normalized spacial score (nSPS) is 14.2. The third kappa shape index (κ3) is 4.71. The predicted octanol–water partition coefficient (Wildman–Crippen LogP) is 4.22. The number of carbonyl (C=O) groups is 1. The van der Waals surface area contributed by atoms with Crippen molar-refractivity contribution in [1.29, 1.82) is 0 Å². The number of piperazine rings is 1. The van der Waals surface area contributed by atoms with Gasteiger partial charge in [0.15, 0.2) is 11.5 Å². The number of para-hydroxylation sites is 1. The fourth-order valence-electron chi connectivity index (χ4n) is 4.79. The van der Waals surface area contributed by atoms with Crippen LogP contribution in [0.3, 0.4) is 0 Å². The van der Waals surface area contributed by atoms with E-state index >= 15 is 0 Å². The average molecular weight is 482 g/mol. The van der Waals surface area contributed by atoms with Gasteiger partial charge in [0.05, 0.1) is 32.6 Å². The van der Waals surface area contributed by atoms with Crippen LogP contribution in [0.25, 0.3) is 5.69 Å². The van der Waals surface area contributed by atoms with Crippen LogP contribution in [-0.2, 0) is 6.54 Å². The lowest BCUT2D eigenvalue weighted by atomic mass is 10.1. The van der Waals surface area contributed by atoms with Gasteiger partial charge in [0.2, 0.25) is 5.75 Å². The fraction of sp³-hybridized carbons (Fsp3) is 0.370. The second-order valence-electron chi connectivity index (χ2n) is 8.63. The Morgan fingerprint density at radius 3 is 2.23 bits per heavy atom. The van der Waals surface area contributed by atoms with Gasteiger partial charge in [-0.1, -0.05) is 18.2 Å². The summed E-state index contributed by atoms with van der Waals surface area (Å²) in [6.45, 7) is 7.12. The number of aromatic nitrogens is 1. The molecule has 1 amide bonds. The summed E-state index contributed by atoms with van der Waals surface area (Å²) in [7, 11) is 4.81. The zero-order chi connectivity index (χ0) is 25.1. The van der Waals surface area contributed by atoms with Gasteiger partial charge in [-0.15, -0.1) is 0 Å². The number of amides is 1. The van der Waals surface area contributed by atoms with E-state index in [1.807, 2.05) is 41.5 Å². The number of methoxy groups -OCH3 is 3. The number of benzene rings is 2. The summed E-state index contributed by atoms with van der Waals surface area (Å²) in [5.41, 5.74) is 3.64. The Labute approximate surface area is 205 Å². The molecule has 186 valence electrons. The van der Waals surface area contributed by atoms with Crippen molar-refractivity contribution in [3.63, 3.8) is 0 Å². The molecule has 35 heavy (non-hydrogen) atoms. The number of hydrogen-bond acceptors (Lipinski definition) is 5. The Bertz CT molecular complexity index is 1220. The van der Waals surface area contributed by atoms with Gasteiger partial charge in [-0.25, -0.2) is 4.39 Å². The average Bonchev–Trinajstić information content (AvgIpc) is 3.17. The third-order valence-corrected chi connectivity index (χ3v) is 6.59. The first-order valence-electron chi connectivity index (χ1n) is 11.6. The first-order valence-corrected chi connectivity index (χ1v) is 11.6. The minimum absolute atomic E-state index is 0.0240. The van der Waals surface area contributed by atoms with E-state index in [4.69, 9.17) is 14.2 Å². The Morgan fingerprint density at radius 2 is 1.60 bits per heavy atom. The summed E-state index contributed by atoms with van der Waals surface area (Å²) in [5, 5.41) is 0. The van der Waals surface area contributed by atoms with E-state index < -0.39 is 0 Å². The molecule has 0 atom stereocenters. The lowest BCUT2D eigenvalue weighted by Gasteiger charge is -2.35. The van der Waals surface area contributed by atoms with Gasteiger partial charge < -0.3 is 23.7 Å². The lowest BCUT2D eigenvalue weighted by molar-refractivity contribution is 0.0626. The molecule has 3 aromatic rings. The third-order valence-electron chi connectivity index (χ3n) is 6.59. The van der Waals surface area contributed by atoms with Crippen molar-refractivity contribution in [3.05, 3.63) is 70.8 Å². The highest BCUT2D eigenvalue weighted by Crippen LogP contribution is 2.40. The number of hydrogen-bond donors (Lipinski definition) is 0. The lowest BCUT2D eigenvalue weighted by Crippen LogP contribution is -2.48. The van der Waals surface area contributed by atoms with E-state index in [1.165, 1.54) is 6.07 Å². The maximum Gasteiger partial charge on any atom is 0.255 e. The molecular formula is C27H32FN3O4. The maximum atomic E-state index is 14.4. The molecular weight excluding hydrogens is 449 g/mol. The second-order valence-corrected chi connectivity index (χ2v) is 8.63. The van der Waals surface area contributed by atoms with Crippen molar-refractivity contribution in [3.8, 4) is 22.9 Å². The molecule has 0 N–H and O–H groups in total. The summed E-state index contributed by atoms with van der Waals surface area (Å²) in [5.74, 6) is 1.52. The molecule has 0 unspecified atom stereocenters. The molecule has 4 rings (SSSR count). The summed E-state index contributed by atoms with van der Waals surface area (Å²) >= 11 is 0. The zero-order valence-corrected chi connectivity index (χ0v) is 20.9. The summed E-state index contributed by atoms with van der Waals surface area (Å²) in [6.07, 6.45) is 0. The van der Waals surface area contributed by atoms with Crippen molar-refractivity contribution in [1.82, 2.24) is 14.4 Å². The molecule has 0 radical (unpaired) electrons. The number of carbonyl (C=O) groups excluding carboxylic acids is 1. The fourth-order valence-corrected chi connectivity index (χ4v) is 4.79. The van der Waals surface area contributed by atoms with Gasteiger partial charge in [0, 0.05) is 49.7 Å². The first-order chi connectivity index (χ1) is 16.9. The van der Waals surface area contributed by atoms with Crippen molar-refractivity contribution < 1.29 is 23.4 Å². The van der Waals surface area contributed by atoms with Gasteiger partial charge in [-0.05, 0) is 38.1 Å². The van der Waals surface area contributed by atoms with Crippen molar-refractivity contribution in [2.75, 3.05) is 47.5 Å². The highest BCUT2D eigenvalue weighted by molar-refractivity contribution is 5.96. The SMILES string of the molecule is COc1ccc(CN2CCN(C(=O)c3cc(C)n(-c4ccccc4F)c3C)CC2)c(OC)c1OC. The maximum absolute atomic E-state index is 14.4. The van der Waals surface area contributed by atoms with Crippen LogP contribution < -0.4 is 14.2 Å². The molecule has 8 heteroatoms. The van der Waals surface area contributed by atoms with Gasteiger partial charge in [-0.2, -0.15) is 0 Å². The Balaban J connectivity index is 1.46. The first kappa shape index (κ1) is 24.6. The van der Waals surface area contributed by atoms with Crippen LogP contribution in [-0.4, -0.2) is 67.8 Å². The van der Waals surface area contributed by atoms with Crippen LogP contribution >= 0.6 is 0 Å². The second kappa shape index (κ2) is 10.4. The molecule has 0 saturated carbocycles. The van der Waals surface area contributed by atoms with Crippen LogP contribution in [0, 0.1) is 19.7 Å². The smallest absolute Gasteiger partial charge is 0.255 e. The minimum Gasteiger partial charge on any atom is -0.493 e. The highest BCUT2D eigenvalue weighted by Gasteiger charge is 2.27. The summed E-state index contributed by atoms with van der Waals surface area (Å²) < 4.78 is 32.7. The predicted molar refractivity (Wildman–Crippen MR) is 132 cm³/mol. The van der Waals surface area contributed by atoms with Crippen LogP contribution in [0.4, 0.5) is 4.39 Å². The molecule has 7 nitrogen and oxygen atoms in total. The van der Waals surface area contributed by atoms with Gasteiger partial charge in [0.25, 0.3) is 5.91 Å². The molecule has 1 aliphatic rings. The van der Waals surface area contributed by atoms with Gasteiger partial charge >= 0.3 is 0 Å². The van der Waals surface area contributed by atoms with E-state index in [9.17, 15) is 9.18 Å². The summed E-state index contributed by atoms with van der Waals surface area (Å²) in [4.78, 5) is 17.5. The van der Waals surface area contributed by atoms with Crippen molar-refractivity contribution in [2.45, 2.75) is 20.4 Å². The molecule has 0 bridgehead atoms. The number of halogens is 1. The van der Waals surface area contributed by atoms with E-state index in [0.29, 0.717) is 48.1 Å². The van der Waals surface area contributed by atoms with Crippen molar-refractivity contribution >= 4 is 5.91 Å². The van der Waals surface area contributed by atoms with Crippen LogP contribution in [0.5, 0.6) is 17.2 Å². The highest BCUT2D eigenvalue weighted by atomic mass is 19.1. The number of nitrogens with zero attached hydrogens (tertiary/aromatic N) is 3. The van der Waals surface area contributed by atoms with Crippen molar-refractivity contribution in [2.24, 2.45) is 0 Å². The minimum atomic E-state index is -0.312. The van der Waals surface area contributed by atoms with Crippen LogP contribution in [0.1, 0.15) is 27.3 Å². The van der Waals surface area contributed by atoms with E-state index in [2.05, 4.69) is 4.90 Å².